The summed E-state index contributed by atoms with van der Waals surface area (Å²) in [5.41, 5.74) is 2.04. The van der Waals surface area contributed by atoms with E-state index in [1.165, 1.54) is 46.8 Å². The van der Waals surface area contributed by atoms with Gasteiger partial charge in [0.05, 0.1) is 0 Å². The van der Waals surface area contributed by atoms with Gasteiger partial charge in [-0.25, -0.2) is 4.79 Å². The number of aryl methyl sites for hydroxylation is 2. The van der Waals surface area contributed by atoms with Crippen LogP contribution in [-0.2, 0) is 14.3 Å². The fourth-order valence-electron chi connectivity index (χ4n) is 8.24. The summed E-state index contributed by atoms with van der Waals surface area (Å²) in [6.07, 6.45) is 7.04. The van der Waals surface area contributed by atoms with Crippen molar-refractivity contribution in [1.29, 1.82) is 0 Å². The Balaban J connectivity index is 1.07. The quantitative estimate of drug-likeness (QED) is 0.198. The number of thiol groups is 1. The van der Waals surface area contributed by atoms with Crippen molar-refractivity contribution in [3.8, 4) is 5.75 Å². The van der Waals surface area contributed by atoms with Crippen molar-refractivity contribution < 1.29 is 19.1 Å². The molecular weight excluding hydrogens is 528 g/mol. The number of carbonyl (C=O) groups excluding carboxylic acids is 2. The van der Waals surface area contributed by atoms with Gasteiger partial charge in [-0.05, 0) is 137 Å². The summed E-state index contributed by atoms with van der Waals surface area (Å²) in [7, 11) is -0.726. The molecule has 0 heterocycles. The van der Waals surface area contributed by atoms with Gasteiger partial charge in [-0.1, -0.05) is 43.3 Å². The Bertz CT molecular complexity index is 1310. The van der Waals surface area contributed by atoms with Gasteiger partial charge in [0.25, 0.3) is 0 Å². The van der Waals surface area contributed by atoms with E-state index in [1.54, 1.807) is 0 Å². The van der Waals surface area contributed by atoms with Gasteiger partial charge >= 0.3 is 5.97 Å². The summed E-state index contributed by atoms with van der Waals surface area (Å²) in [5.74, 6) is 3.31. The van der Waals surface area contributed by atoms with Crippen LogP contribution in [0.2, 0.25) is 0 Å². The second kappa shape index (κ2) is 11.7. The molecule has 4 aliphatic carbocycles. The van der Waals surface area contributed by atoms with Crippen molar-refractivity contribution in [1.82, 2.24) is 0 Å². The fraction of sp³-hybridized carbons (Fsp3) is 0.444. The van der Waals surface area contributed by atoms with Gasteiger partial charge in [0.15, 0.2) is 12.4 Å². The summed E-state index contributed by atoms with van der Waals surface area (Å²) in [5, 5.41) is 0. The number of rotatable bonds is 10. The van der Waals surface area contributed by atoms with Crippen molar-refractivity contribution in [2.45, 2.75) is 74.0 Å². The van der Waals surface area contributed by atoms with Crippen LogP contribution in [0.5, 0.6) is 5.75 Å². The molecule has 0 saturated heterocycles. The minimum absolute atomic E-state index is 0.0419. The summed E-state index contributed by atoms with van der Waals surface area (Å²) in [6.45, 7) is 6.01. The third-order valence-corrected chi connectivity index (χ3v) is 12.4. The third-order valence-electron chi connectivity index (χ3n) is 10.0. The maximum Gasteiger partial charge on any atom is 0.344 e. The van der Waals surface area contributed by atoms with Crippen LogP contribution in [-0.4, -0.2) is 25.0 Å². The summed E-state index contributed by atoms with van der Waals surface area (Å²) in [4.78, 5) is 29.4. The lowest BCUT2D eigenvalue weighted by molar-refractivity contribution is -0.153. The highest BCUT2D eigenvalue weighted by Crippen LogP contribution is 2.63. The van der Waals surface area contributed by atoms with Gasteiger partial charge in [0.1, 0.15) is 12.4 Å². The van der Waals surface area contributed by atoms with Crippen molar-refractivity contribution in [2.24, 2.45) is 29.1 Å². The standard InChI is InChI=1S/C36H42O4S/c1-24-14-33(41(31-10-6-4-7-11-31)32-12-8-5-9-13-32)15-25(2)35(24)40-23-34(38)39-22-30(37)21-36(3)28-17-26-16-27(19-28)20-29(36)18-26/h4-15,26-29,41H,16-23H2,1-3H3. The van der Waals surface area contributed by atoms with E-state index >= 15 is 0 Å². The molecule has 4 saturated carbocycles. The highest BCUT2D eigenvalue weighted by molar-refractivity contribution is 8.17. The molecule has 0 N–H and O–H groups in total. The molecule has 4 bridgehead atoms. The maximum absolute atomic E-state index is 12.9. The lowest BCUT2D eigenvalue weighted by Gasteiger charge is -2.60. The van der Waals surface area contributed by atoms with E-state index in [9.17, 15) is 9.59 Å². The number of hydrogen-bond acceptors (Lipinski definition) is 4. The Hall–Kier alpha value is -3.05. The van der Waals surface area contributed by atoms with Gasteiger partial charge in [-0.2, -0.15) is 10.9 Å². The topological polar surface area (TPSA) is 52.6 Å². The van der Waals surface area contributed by atoms with Crippen LogP contribution < -0.4 is 4.74 Å². The SMILES string of the molecule is Cc1cc([SH](c2ccccc2)c2ccccc2)cc(C)c1OCC(=O)OCC(=O)CC1(C)C2CC3CC(C2)CC1C3. The molecule has 41 heavy (non-hydrogen) atoms. The first-order chi connectivity index (χ1) is 19.8. The van der Waals surface area contributed by atoms with E-state index in [0.29, 0.717) is 24.0 Å². The lowest BCUT2D eigenvalue weighted by atomic mass is 9.45. The number of ether oxygens (including phenoxy) is 2. The molecule has 0 atom stereocenters. The van der Waals surface area contributed by atoms with E-state index in [4.69, 9.17) is 9.47 Å². The van der Waals surface area contributed by atoms with Crippen molar-refractivity contribution >= 4 is 22.6 Å². The Morgan fingerprint density at radius 2 is 1.27 bits per heavy atom. The maximum atomic E-state index is 12.9. The van der Waals surface area contributed by atoms with E-state index in [1.807, 2.05) is 26.0 Å². The first kappa shape index (κ1) is 28.1. The van der Waals surface area contributed by atoms with Crippen LogP contribution in [0.1, 0.15) is 56.6 Å². The van der Waals surface area contributed by atoms with E-state index in [0.717, 1.165) is 23.0 Å². The molecule has 4 nitrogen and oxygen atoms in total. The Morgan fingerprint density at radius 1 is 0.756 bits per heavy atom. The number of Topliss-reactive ketones (excluding diaryl/α,β-unsaturated/α-hetero) is 1. The largest absolute Gasteiger partial charge is 0.481 e. The molecule has 0 aromatic heterocycles. The summed E-state index contributed by atoms with van der Waals surface area (Å²) < 4.78 is 11.4. The molecule has 0 aliphatic heterocycles. The van der Waals surface area contributed by atoms with E-state index < -0.39 is 16.9 Å². The van der Waals surface area contributed by atoms with Gasteiger partial charge < -0.3 is 9.47 Å². The second-order valence-corrected chi connectivity index (χ2v) is 15.1. The minimum atomic E-state index is -0.726. The number of carbonyl (C=O) groups is 2. The molecule has 5 heteroatoms. The fourth-order valence-corrected chi connectivity index (χ4v) is 10.7. The zero-order valence-electron chi connectivity index (χ0n) is 24.5. The van der Waals surface area contributed by atoms with Gasteiger partial charge in [-0.15, -0.1) is 0 Å². The van der Waals surface area contributed by atoms with Crippen LogP contribution >= 0.6 is 10.9 Å². The average molecular weight is 571 g/mol. The number of ketones is 1. The van der Waals surface area contributed by atoms with Crippen molar-refractivity contribution in [3.63, 3.8) is 0 Å². The number of benzene rings is 3. The van der Waals surface area contributed by atoms with Crippen molar-refractivity contribution in [2.75, 3.05) is 13.2 Å². The Morgan fingerprint density at radius 3 is 1.78 bits per heavy atom. The number of esters is 1. The molecule has 3 aromatic carbocycles. The molecule has 0 unspecified atom stereocenters. The molecule has 216 valence electrons. The van der Waals surface area contributed by atoms with Crippen LogP contribution in [0, 0.1) is 42.9 Å². The molecular formula is C36H42O4S. The summed E-state index contributed by atoms with van der Waals surface area (Å²) >= 11 is 0. The van der Waals surface area contributed by atoms with Gasteiger partial charge in [0, 0.05) is 6.42 Å². The van der Waals surface area contributed by atoms with Crippen LogP contribution in [0.3, 0.4) is 0 Å². The normalized spacial score (nSPS) is 26.5. The van der Waals surface area contributed by atoms with Gasteiger partial charge in [-0.3, -0.25) is 4.79 Å². The average Bonchev–Trinajstić information content (AvgIpc) is 2.95. The monoisotopic (exact) mass is 570 g/mol. The van der Waals surface area contributed by atoms with Crippen molar-refractivity contribution in [3.05, 3.63) is 83.9 Å². The second-order valence-electron chi connectivity index (χ2n) is 12.9. The zero-order chi connectivity index (χ0) is 28.6. The molecule has 0 spiro atoms. The summed E-state index contributed by atoms with van der Waals surface area (Å²) in [6, 6.07) is 25.6. The zero-order valence-corrected chi connectivity index (χ0v) is 25.4. The van der Waals surface area contributed by atoms with Gasteiger partial charge in [0.2, 0.25) is 0 Å². The first-order valence-corrected chi connectivity index (χ1v) is 16.5. The predicted octanol–water partition coefficient (Wildman–Crippen LogP) is 8.13. The lowest BCUT2D eigenvalue weighted by Crippen LogP contribution is -2.52. The molecule has 0 amide bonds. The molecule has 4 fully saturated rings. The molecule has 7 rings (SSSR count). The molecule has 0 radical (unpaired) electrons. The van der Waals surface area contributed by atoms with Crippen LogP contribution in [0.4, 0.5) is 0 Å². The van der Waals surface area contributed by atoms with E-state index in [2.05, 4.69) is 67.6 Å². The molecule has 4 aliphatic rings. The van der Waals surface area contributed by atoms with E-state index in [-0.39, 0.29) is 24.4 Å². The van der Waals surface area contributed by atoms with Crippen LogP contribution in [0.25, 0.3) is 0 Å². The highest BCUT2D eigenvalue weighted by atomic mass is 32.2. The van der Waals surface area contributed by atoms with Crippen LogP contribution in [0.15, 0.2) is 87.5 Å². The first-order valence-electron chi connectivity index (χ1n) is 15.1. The minimum Gasteiger partial charge on any atom is -0.481 e. The Labute approximate surface area is 247 Å². The Kier molecular flexibility index (Phi) is 8.00. The smallest absolute Gasteiger partial charge is 0.344 e. The number of hydrogen-bond donors (Lipinski definition) is 1. The third kappa shape index (κ3) is 5.83. The highest BCUT2D eigenvalue weighted by Gasteiger charge is 2.55. The predicted molar refractivity (Wildman–Crippen MR) is 164 cm³/mol. The molecule has 3 aromatic rings.